The molecule has 4 aromatic rings. The van der Waals surface area contributed by atoms with Gasteiger partial charge in [0, 0.05) is 10.6 Å². The van der Waals surface area contributed by atoms with Gasteiger partial charge in [-0.25, -0.2) is 13.8 Å². The fourth-order valence-corrected chi connectivity index (χ4v) is 5.87. The van der Waals surface area contributed by atoms with Crippen LogP contribution >= 0.6 is 11.6 Å². The third kappa shape index (κ3) is 8.03. The first-order valence-corrected chi connectivity index (χ1v) is 15.3. The van der Waals surface area contributed by atoms with E-state index >= 15 is 0 Å². The summed E-state index contributed by atoms with van der Waals surface area (Å²) in [6.07, 6.45) is 3.15. The zero-order valence-corrected chi connectivity index (χ0v) is 25.4. The Kier molecular flexibility index (Phi) is 10.6. The molecule has 0 heterocycles. The van der Waals surface area contributed by atoms with Crippen LogP contribution < -0.4 is 19.2 Å². The summed E-state index contributed by atoms with van der Waals surface area (Å²) >= 11 is 6.25. The number of hydrazone groups is 1. The highest BCUT2D eigenvalue weighted by Crippen LogP contribution is 2.31. The number of carbonyl (C=O) groups is 1. The summed E-state index contributed by atoms with van der Waals surface area (Å²) in [7, 11) is -3.92. The number of hydrogen-bond acceptors (Lipinski definition) is 6. The lowest BCUT2D eigenvalue weighted by Gasteiger charge is -2.26. The van der Waals surface area contributed by atoms with E-state index in [-0.39, 0.29) is 11.4 Å². The summed E-state index contributed by atoms with van der Waals surface area (Å²) < 4.78 is 40.0. The second-order valence-electron chi connectivity index (χ2n) is 9.39. The largest absolute Gasteiger partial charge is 0.490 e. The zero-order valence-electron chi connectivity index (χ0n) is 23.9. The molecule has 0 spiro atoms. The van der Waals surface area contributed by atoms with E-state index in [1.165, 1.54) is 10.5 Å². The molecule has 10 heteroatoms. The molecule has 8 nitrogen and oxygen atoms in total. The number of nitrogens with one attached hydrogen (secondary N) is 1. The maximum Gasteiger partial charge on any atom is 0.271 e. The molecule has 43 heavy (non-hydrogen) atoms. The predicted octanol–water partition coefficient (Wildman–Crippen LogP) is 6.77. The number of ether oxygens (including phenoxy) is 2. The SMILES string of the molecule is C=CCOc1ccc(/C=N\NC(=O)c2ccc(CN(c3cc(Cl)ccc3C)S(=O)(=O)c3ccccc3)cc2)cc1OCC. The van der Waals surface area contributed by atoms with Crippen molar-refractivity contribution in [3.8, 4) is 11.5 Å². The van der Waals surface area contributed by atoms with Crippen LogP contribution in [-0.2, 0) is 16.6 Å². The maximum atomic E-state index is 13.7. The van der Waals surface area contributed by atoms with Gasteiger partial charge < -0.3 is 9.47 Å². The molecule has 0 aliphatic carbocycles. The second kappa shape index (κ2) is 14.5. The lowest BCUT2D eigenvalue weighted by molar-refractivity contribution is 0.0955. The summed E-state index contributed by atoms with van der Waals surface area (Å²) in [5.41, 5.74) is 5.50. The highest BCUT2D eigenvalue weighted by molar-refractivity contribution is 7.92. The lowest BCUT2D eigenvalue weighted by Crippen LogP contribution is -2.31. The van der Waals surface area contributed by atoms with Crippen LogP contribution in [0.5, 0.6) is 11.5 Å². The average molecular weight is 618 g/mol. The molecule has 0 radical (unpaired) electrons. The van der Waals surface area contributed by atoms with Gasteiger partial charge in [-0.05, 0) is 85.1 Å². The van der Waals surface area contributed by atoms with Crippen LogP contribution in [0.3, 0.4) is 0 Å². The van der Waals surface area contributed by atoms with Crippen molar-refractivity contribution in [2.75, 3.05) is 17.5 Å². The number of hydrogen-bond donors (Lipinski definition) is 1. The van der Waals surface area contributed by atoms with E-state index in [1.54, 1.807) is 97.1 Å². The van der Waals surface area contributed by atoms with E-state index in [1.807, 2.05) is 13.8 Å². The number of aryl methyl sites for hydroxylation is 1. The van der Waals surface area contributed by atoms with Gasteiger partial charge in [0.15, 0.2) is 11.5 Å². The predicted molar refractivity (Wildman–Crippen MR) is 171 cm³/mol. The summed E-state index contributed by atoms with van der Waals surface area (Å²) in [5.74, 6) is 0.730. The van der Waals surface area contributed by atoms with Gasteiger partial charge in [-0.3, -0.25) is 9.10 Å². The molecule has 0 unspecified atom stereocenters. The Morgan fingerprint density at radius 3 is 2.42 bits per heavy atom. The molecule has 0 aliphatic heterocycles. The summed E-state index contributed by atoms with van der Waals surface area (Å²) in [4.78, 5) is 12.9. The van der Waals surface area contributed by atoms with Gasteiger partial charge in [-0.2, -0.15) is 5.10 Å². The molecule has 0 saturated heterocycles. The summed E-state index contributed by atoms with van der Waals surface area (Å²) in [5, 5.41) is 4.49. The van der Waals surface area contributed by atoms with E-state index in [2.05, 4.69) is 17.1 Å². The number of rotatable bonds is 13. The van der Waals surface area contributed by atoms with Gasteiger partial charge in [0.25, 0.3) is 15.9 Å². The van der Waals surface area contributed by atoms with Crippen molar-refractivity contribution >= 4 is 39.4 Å². The van der Waals surface area contributed by atoms with E-state index in [9.17, 15) is 13.2 Å². The van der Waals surface area contributed by atoms with E-state index < -0.39 is 15.9 Å². The monoisotopic (exact) mass is 617 g/mol. The Labute approximate surface area is 257 Å². The van der Waals surface area contributed by atoms with Gasteiger partial charge in [0.2, 0.25) is 0 Å². The normalized spacial score (nSPS) is 11.2. The first-order valence-electron chi connectivity index (χ1n) is 13.5. The molecular formula is C33H32ClN3O5S. The fourth-order valence-electron chi connectivity index (χ4n) is 4.17. The van der Waals surface area contributed by atoms with Crippen LogP contribution in [0.1, 0.15) is 34.0 Å². The van der Waals surface area contributed by atoms with Crippen molar-refractivity contribution in [1.29, 1.82) is 0 Å². The Hall–Kier alpha value is -4.60. The van der Waals surface area contributed by atoms with E-state index in [4.69, 9.17) is 21.1 Å². The highest BCUT2D eigenvalue weighted by atomic mass is 35.5. The standard InChI is InChI=1S/C33H32ClN3O5S/c1-4-19-42-31-18-14-26(20-32(31)41-5-2)22-35-36-33(38)27-15-12-25(13-16-27)23-37(30-21-28(34)17-11-24(30)3)43(39,40)29-9-7-6-8-10-29/h4,6-18,20-22H,1,5,19,23H2,2-3H3,(H,36,38)/b35-22-. The van der Waals surface area contributed by atoms with Crippen LogP contribution in [0, 0.1) is 6.92 Å². The molecule has 0 aromatic heterocycles. The quantitative estimate of drug-likeness (QED) is 0.101. The van der Waals surface area contributed by atoms with Gasteiger partial charge in [0.05, 0.1) is 29.9 Å². The van der Waals surface area contributed by atoms with Crippen molar-refractivity contribution in [2.24, 2.45) is 5.10 Å². The number of anilines is 1. The third-order valence-corrected chi connectivity index (χ3v) is 8.33. The van der Waals surface area contributed by atoms with Crippen molar-refractivity contribution < 1.29 is 22.7 Å². The first kappa shape index (κ1) is 31.3. The number of benzene rings is 4. The van der Waals surface area contributed by atoms with Gasteiger partial charge in [-0.1, -0.05) is 60.7 Å². The minimum Gasteiger partial charge on any atom is -0.490 e. The van der Waals surface area contributed by atoms with Crippen LogP contribution in [0.25, 0.3) is 0 Å². The zero-order chi connectivity index (χ0) is 30.8. The van der Waals surface area contributed by atoms with Crippen LogP contribution in [0.4, 0.5) is 5.69 Å². The molecule has 0 fully saturated rings. The van der Waals surface area contributed by atoms with Gasteiger partial charge in [-0.15, -0.1) is 0 Å². The molecule has 4 aromatic carbocycles. The van der Waals surface area contributed by atoms with Gasteiger partial charge >= 0.3 is 0 Å². The molecule has 0 bridgehead atoms. The third-order valence-electron chi connectivity index (χ3n) is 6.32. The lowest BCUT2D eigenvalue weighted by atomic mass is 10.1. The van der Waals surface area contributed by atoms with Crippen LogP contribution in [0.15, 0.2) is 114 Å². The number of sulfonamides is 1. The number of amides is 1. The maximum absolute atomic E-state index is 13.7. The van der Waals surface area contributed by atoms with E-state index in [0.29, 0.717) is 52.1 Å². The Bertz CT molecular complexity index is 1710. The molecule has 0 aliphatic rings. The van der Waals surface area contributed by atoms with Crippen LogP contribution in [0.2, 0.25) is 5.02 Å². The summed E-state index contributed by atoms with van der Waals surface area (Å²) in [6.45, 7) is 8.21. The molecular weight excluding hydrogens is 586 g/mol. The molecule has 1 N–H and O–H groups in total. The Morgan fingerprint density at radius 2 is 1.72 bits per heavy atom. The van der Waals surface area contributed by atoms with Crippen LogP contribution in [-0.4, -0.2) is 33.8 Å². The topological polar surface area (TPSA) is 97.3 Å². The number of nitrogens with zero attached hydrogens (tertiary/aromatic N) is 2. The highest BCUT2D eigenvalue weighted by Gasteiger charge is 2.26. The van der Waals surface area contributed by atoms with Gasteiger partial charge in [0.1, 0.15) is 6.61 Å². The number of halogens is 1. The Balaban J connectivity index is 1.49. The molecule has 1 amide bonds. The van der Waals surface area contributed by atoms with Crippen molar-refractivity contribution in [1.82, 2.24) is 5.43 Å². The van der Waals surface area contributed by atoms with E-state index in [0.717, 1.165) is 5.56 Å². The minimum atomic E-state index is -3.92. The molecule has 222 valence electrons. The second-order valence-corrected chi connectivity index (χ2v) is 11.7. The smallest absolute Gasteiger partial charge is 0.271 e. The number of carbonyl (C=O) groups excluding carboxylic acids is 1. The molecule has 0 saturated carbocycles. The first-order chi connectivity index (χ1) is 20.7. The summed E-state index contributed by atoms with van der Waals surface area (Å²) in [6, 6.07) is 25.4. The Morgan fingerprint density at radius 1 is 0.977 bits per heavy atom. The minimum absolute atomic E-state index is 0.0349. The fraction of sp³-hybridized carbons (Fsp3) is 0.152. The average Bonchev–Trinajstić information content (AvgIpc) is 3.01. The van der Waals surface area contributed by atoms with Crippen molar-refractivity contribution in [3.63, 3.8) is 0 Å². The molecule has 4 rings (SSSR count). The molecule has 0 atom stereocenters. The van der Waals surface area contributed by atoms with Crippen molar-refractivity contribution in [2.45, 2.75) is 25.3 Å². The van der Waals surface area contributed by atoms with Crippen molar-refractivity contribution in [3.05, 3.63) is 131 Å².